The summed E-state index contributed by atoms with van der Waals surface area (Å²) in [4.78, 5) is 2.43. The summed E-state index contributed by atoms with van der Waals surface area (Å²) in [5.74, 6) is 1.79. The van der Waals surface area contributed by atoms with E-state index in [2.05, 4.69) is 169 Å². The predicted molar refractivity (Wildman–Crippen MR) is 245 cm³/mol. The van der Waals surface area contributed by atoms with Gasteiger partial charge in [0.1, 0.15) is 11.5 Å². The predicted octanol–water partition coefficient (Wildman–Crippen LogP) is 14.1. The minimum Gasteiger partial charge on any atom is -0.497 e. The molecule has 0 aromatic heterocycles. The standard InChI is InChI=1S/C56H39NO2/c1-58-38-24-20-36(21-25-38)57(37-22-26-39(59-2)27-23-37)49-33-32-43-45-29-31-48-54-47(30-28-44(53(45)54)42-18-11-19-46(49)52(42)43)55-50(34-12-5-3-6-13-34)40-16-9-10-17-41(40)51(56(48)55)35-14-7-4-8-15-35/h3-33,42,49H,1-2H3. The third-order valence-electron chi connectivity index (χ3n) is 12.9. The molecule has 0 saturated heterocycles. The number of ether oxygens (including phenoxy) is 2. The Hall–Kier alpha value is -7.36. The van der Waals surface area contributed by atoms with Crippen molar-refractivity contribution in [2.45, 2.75) is 12.0 Å². The maximum atomic E-state index is 5.57. The molecule has 0 heterocycles. The van der Waals surface area contributed by atoms with Crippen LogP contribution in [0.2, 0.25) is 0 Å². The molecule has 0 bridgehead atoms. The van der Waals surface area contributed by atoms with E-state index in [0.29, 0.717) is 0 Å². The van der Waals surface area contributed by atoms with Crippen molar-refractivity contribution in [3.8, 4) is 56.0 Å². The first kappa shape index (κ1) is 33.7. The number of benzene rings is 8. The van der Waals surface area contributed by atoms with E-state index < -0.39 is 0 Å². The first-order chi connectivity index (χ1) is 29.2. The normalized spacial score (nSPS) is 16.5. The van der Waals surface area contributed by atoms with Gasteiger partial charge in [0.2, 0.25) is 0 Å². The van der Waals surface area contributed by atoms with E-state index in [4.69, 9.17) is 9.47 Å². The molecule has 280 valence electrons. The van der Waals surface area contributed by atoms with Crippen molar-refractivity contribution in [1.29, 1.82) is 0 Å². The van der Waals surface area contributed by atoms with E-state index in [9.17, 15) is 0 Å². The number of rotatable bonds is 7. The van der Waals surface area contributed by atoms with Gasteiger partial charge in [-0.1, -0.05) is 140 Å². The number of hydrogen-bond donors (Lipinski definition) is 0. The highest BCUT2D eigenvalue weighted by molar-refractivity contribution is 6.29. The first-order valence-electron chi connectivity index (χ1n) is 20.4. The molecule has 3 heteroatoms. The van der Waals surface area contributed by atoms with Gasteiger partial charge in [0.15, 0.2) is 0 Å². The summed E-state index contributed by atoms with van der Waals surface area (Å²) >= 11 is 0. The Morgan fingerprint density at radius 3 is 1.56 bits per heavy atom. The van der Waals surface area contributed by atoms with Gasteiger partial charge >= 0.3 is 0 Å². The lowest BCUT2D eigenvalue weighted by Crippen LogP contribution is -2.35. The second-order valence-electron chi connectivity index (χ2n) is 15.8. The molecule has 12 rings (SSSR count). The minimum atomic E-state index is -0.0344. The summed E-state index contributed by atoms with van der Waals surface area (Å²) in [5.41, 5.74) is 19.3. The van der Waals surface area contributed by atoms with Crippen molar-refractivity contribution in [1.82, 2.24) is 0 Å². The molecule has 0 N–H and O–H groups in total. The third-order valence-corrected chi connectivity index (χ3v) is 12.9. The molecule has 0 aliphatic heterocycles. The second kappa shape index (κ2) is 13.1. The summed E-state index contributed by atoms with van der Waals surface area (Å²) in [6.45, 7) is 0. The Balaban J connectivity index is 1.09. The number of fused-ring (bicyclic) bond motifs is 6. The molecule has 3 nitrogen and oxygen atoms in total. The van der Waals surface area contributed by atoms with E-state index in [1.54, 1.807) is 14.2 Å². The first-order valence-corrected chi connectivity index (χ1v) is 20.4. The Bertz CT molecular complexity index is 3010. The summed E-state index contributed by atoms with van der Waals surface area (Å²) in [6, 6.07) is 57.5. The number of methoxy groups -OCH3 is 2. The average molecular weight is 758 g/mol. The highest BCUT2D eigenvalue weighted by Gasteiger charge is 2.40. The average Bonchev–Trinajstić information content (AvgIpc) is 3.64. The second-order valence-corrected chi connectivity index (χ2v) is 15.8. The van der Waals surface area contributed by atoms with E-state index in [1.165, 1.54) is 93.9 Å². The monoisotopic (exact) mass is 757 g/mol. The highest BCUT2D eigenvalue weighted by Crippen LogP contribution is 2.61. The van der Waals surface area contributed by atoms with Crippen LogP contribution in [0.3, 0.4) is 0 Å². The van der Waals surface area contributed by atoms with Crippen LogP contribution in [0.25, 0.3) is 71.6 Å². The molecule has 8 aromatic rings. The molecule has 0 spiro atoms. The molecule has 4 aliphatic rings. The SMILES string of the molecule is COc1ccc(N(c2ccc(OC)cc2)C2C=CC3=C4C2=CC=CC4c2ccc4c5c(ccc3c25)-c2c-4c(-c3ccccc3)c3ccccc3c2-c2ccccc2)cc1. The highest BCUT2D eigenvalue weighted by atomic mass is 16.5. The Morgan fingerprint density at radius 1 is 0.475 bits per heavy atom. The number of hydrogen-bond acceptors (Lipinski definition) is 3. The Labute approximate surface area is 344 Å². The lowest BCUT2D eigenvalue weighted by atomic mass is 9.68. The zero-order chi connectivity index (χ0) is 39.2. The van der Waals surface area contributed by atoms with Gasteiger partial charge < -0.3 is 14.4 Å². The van der Waals surface area contributed by atoms with Crippen molar-refractivity contribution in [3.05, 3.63) is 210 Å². The molecule has 0 fully saturated rings. The molecule has 8 aromatic carbocycles. The minimum absolute atomic E-state index is 0.0344. The van der Waals surface area contributed by atoms with Crippen LogP contribution in [0.1, 0.15) is 17.0 Å². The Kier molecular flexibility index (Phi) is 7.49. The summed E-state index contributed by atoms with van der Waals surface area (Å²) in [6.07, 6.45) is 11.8. The van der Waals surface area contributed by atoms with Crippen LogP contribution in [0.15, 0.2) is 199 Å². The van der Waals surface area contributed by atoms with Crippen LogP contribution in [0.5, 0.6) is 11.5 Å². The molecule has 2 unspecified atom stereocenters. The van der Waals surface area contributed by atoms with Gasteiger partial charge in [-0.3, -0.25) is 0 Å². The molecular weight excluding hydrogens is 719 g/mol. The van der Waals surface area contributed by atoms with Crippen LogP contribution >= 0.6 is 0 Å². The summed E-state index contributed by atoms with van der Waals surface area (Å²) < 4.78 is 11.1. The fourth-order valence-electron chi connectivity index (χ4n) is 10.5. The summed E-state index contributed by atoms with van der Waals surface area (Å²) in [5, 5.41) is 5.30. The summed E-state index contributed by atoms with van der Waals surface area (Å²) in [7, 11) is 3.43. The lowest BCUT2D eigenvalue weighted by molar-refractivity contribution is 0.415. The number of nitrogens with zero attached hydrogens (tertiary/aromatic N) is 1. The van der Waals surface area contributed by atoms with Crippen molar-refractivity contribution < 1.29 is 9.47 Å². The molecule has 0 amide bonds. The van der Waals surface area contributed by atoms with Crippen molar-refractivity contribution in [2.24, 2.45) is 0 Å². The lowest BCUT2D eigenvalue weighted by Gasteiger charge is -2.41. The van der Waals surface area contributed by atoms with Gasteiger partial charge in [-0.15, -0.1) is 0 Å². The molecular formula is C56H39NO2. The molecule has 0 radical (unpaired) electrons. The van der Waals surface area contributed by atoms with E-state index in [1.807, 2.05) is 24.3 Å². The molecule has 4 aliphatic carbocycles. The van der Waals surface area contributed by atoms with Crippen LogP contribution < -0.4 is 14.4 Å². The molecule has 59 heavy (non-hydrogen) atoms. The van der Waals surface area contributed by atoms with E-state index in [-0.39, 0.29) is 12.0 Å². The zero-order valence-corrected chi connectivity index (χ0v) is 32.8. The maximum Gasteiger partial charge on any atom is 0.119 e. The van der Waals surface area contributed by atoms with Gasteiger partial charge in [0.05, 0.1) is 20.3 Å². The van der Waals surface area contributed by atoms with Gasteiger partial charge in [0, 0.05) is 17.3 Å². The van der Waals surface area contributed by atoms with Gasteiger partial charge in [-0.25, -0.2) is 0 Å². The van der Waals surface area contributed by atoms with Crippen LogP contribution in [-0.2, 0) is 0 Å². The quantitative estimate of drug-likeness (QED) is 0.162. The molecule has 2 atom stereocenters. The van der Waals surface area contributed by atoms with Crippen LogP contribution in [-0.4, -0.2) is 20.3 Å². The smallest absolute Gasteiger partial charge is 0.119 e. The Morgan fingerprint density at radius 2 is 1.00 bits per heavy atom. The molecule has 0 saturated carbocycles. The van der Waals surface area contributed by atoms with Crippen molar-refractivity contribution in [3.63, 3.8) is 0 Å². The number of anilines is 2. The largest absolute Gasteiger partial charge is 0.497 e. The van der Waals surface area contributed by atoms with Crippen LogP contribution in [0, 0.1) is 0 Å². The fourth-order valence-corrected chi connectivity index (χ4v) is 10.5. The topological polar surface area (TPSA) is 21.7 Å². The maximum absolute atomic E-state index is 5.57. The fraction of sp³-hybridized carbons (Fsp3) is 0.0714. The zero-order valence-electron chi connectivity index (χ0n) is 32.8. The van der Waals surface area contributed by atoms with Gasteiger partial charge in [-0.2, -0.15) is 0 Å². The van der Waals surface area contributed by atoms with Crippen LogP contribution in [0.4, 0.5) is 11.4 Å². The van der Waals surface area contributed by atoms with Crippen molar-refractivity contribution in [2.75, 3.05) is 19.1 Å². The van der Waals surface area contributed by atoms with Gasteiger partial charge in [-0.05, 0) is 142 Å². The number of allylic oxidation sites excluding steroid dienone is 5. The van der Waals surface area contributed by atoms with E-state index >= 15 is 0 Å². The van der Waals surface area contributed by atoms with Crippen molar-refractivity contribution >= 4 is 38.5 Å². The van der Waals surface area contributed by atoms with Gasteiger partial charge in [0.25, 0.3) is 0 Å². The van der Waals surface area contributed by atoms with E-state index in [0.717, 1.165) is 22.9 Å². The third kappa shape index (κ3) is 4.88.